The number of aliphatic hydroxyl groups excluding tert-OH is 1. The van der Waals surface area contributed by atoms with Crippen molar-refractivity contribution in [3.63, 3.8) is 0 Å². The fourth-order valence-corrected chi connectivity index (χ4v) is 2.87. The van der Waals surface area contributed by atoms with Gasteiger partial charge < -0.3 is 14.3 Å². The molecule has 1 N–H and O–H groups in total. The van der Waals surface area contributed by atoms with Crippen molar-refractivity contribution in [2.24, 2.45) is 0 Å². The molecule has 2 atom stereocenters. The summed E-state index contributed by atoms with van der Waals surface area (Å²) in [5.74, 6) is 0.337. The van der Waals surface area contributed by atoms with Gasteiger partial charge in [-0.25, -0.2) is 0 Å². The van der Waals surface area contributed by atoms with E-state index in [-0.39, 0.29) is 11.8 Å². The first-order valence-corrected chi connectivity index (χ1v) is 7.85. The number of rotatable bonds is 6. The highest BCUT2D eigenvalue weighted by molar-refractivity contribution is 5.93. The van der Waals surface area contributed by atoms with Crippen LogP contribution in [0.1, 0.15) is 28.6 Å². The molecule has 1 aliphatic heterocycles. The topological polar surface area (TPSA) is 62.9 Å². The summed E-state index contributed by atoms with van der Waals surface area (Å²) < 4.78 is 10.7. The van der Waals surface area contributed by atoms with Gasteiger partial charge in [0.05, 0.1) is 25.6 Å². The number of hydrogen-bond acceptors (Lipinski definition) is 5. The molecule has 5 nitrogen and oxygen atoms in total. The van der Waals surface area contributed by atoms with Gasteiger partial charge in [0.15, 0.2) is 11.5 Å². The Bertz CT molecular complexity index is 611. The zero-order valence-electron chi connectivity index (χ0n) is 12.9. The molecule has 0 radical (unpaired) electrons. The predicted octanol–water partition coefficient (Wildman–Crippen LogP) is 2.29. The van der Waals surface area contributed by atoms with Crippen LogP contribution in [0.2, 0.25) is 0 Å². The van der Waals surface area contributed by atoms with Crippen molar-refractivity contribution in [1.82, 2.24) is 4.90 Å². The number of morpholine rings is 1. The Labute approximate surface area is 135 Å². The fourth-order valence-electron chi connectivity index (χ4n) is 2.87. The molecular weight excluding hydrogens is 294 g/mol. The summed E-state index contributed by atoms with van der Waals surface area (Å²) in [5, 5.41) is 10.4. The second-order valence-electron chi connectivity index (χ2n) is 5.75. The molecule has 0 saturated carbocycles. The van der Waals surface area contributed by atoms with Crippen LogP contribution in [0.25, 0.3) is 0 Å². The molecule has 1 fully saturated rings. The Morgan fingerprint density at radius 1 is 1.26 bits per heavy atom. The number of carbonyl (C=O) groups is 1. The van der Waals surface area contributed by atoms with E-state index in [0.717, 1.165) is 5.56 Å². The number of aliphatic hydroxyl groups is 1. The van der Waals surface area contributed by atoms with Crippen molar-refractivity contribution in [2.45, 2.75) is 18.6 Å². The normalized spacial score (nSPS) is 20.3. The van der Waals surface area contributed by atoms with Crippen molar-refractivity contribution in [3.05, 3.63) is 60.1 Å². The Hall–Kier alpha value is -1.95. The summed E-state index contributed by atoms with van der Waals surface area (Å²) >= 11 is 0. The number of carbonyl (C=O) groups excluding carboxylic acids is 1. The van der Waals surface area contributed by atoms with Crippen LogP contribution in [0.5, 0.6) is 0 Å². The maximum atomic E-state index is 12.2. The lowest BCUT2D eigenvalue weighted by Gasteiger charge is -2.36. The number of Topliss-reactive ketones (excluding diaryl/α,β-unsaturated/α-hetero) is 1. The first kappa shape index (κ1) is 15.9. The van der Waals surface area contributed by atoms with Gasteiger partial charge in [0.2, 0.25) is 0 Å². The summed E-state index contributed by atoms with van der Waals surface area (Å²) in [6.45, 7) is 2.31. The summed E-state index contributed by atoms with van der Waals surface area (Å²) in [6.07, 6.45) is 1.26. The third-order valence-electron chi connectivity index (χ3n) is 4.16. The van der Waals surface area contributed by atoms with Gasteiger partial charge in [-0.3, -0.25) is 9.69 Å². The SMILES string of the molecule is O=C(C[C@H]1COCCN1C[C@@H](O)c1ccccc1)c1ccco1. The van der Waals surface area contributed by atoms with Crippen LogP contribution in [0, 0.1) is 0 Å². The third kappa shape index (κ3) is 4.07. The van der Waals surface area contributed by atoms with Gasteiger partial charge in [-0.15, -0.1) is 0 Å². The molecule has 0 spiro atoms. The third-order valence-corrected chi connectivity index (χ3v) is 4.16. The van der Waals surface area contributed by atoms with E-state index in [4.69, 9.17) is 9.15 Å². The average Bonchev–Trinajstić information content (AvgIpc) is 3.12. The molecule has 2 aromatic rings. The molecule has 23 heavy (non-hydrogen) atoms. The number of furan rings is 1. The van der Waals surface area contributed by atoms with Crippen molar-refractivity contribution in [2.75, 3.05) is 26.3 Å². The Balaban J connectivity index is 1.63. The fraction of sp³-hybridized carbons (Fsp3) is 0.389. The number of ether oxygens (including phenoxy) is 1. The maximum absolute atomic E-state index is 12.2. The van der Waals surface area contributed by atoms with Crippen LogP contribution in [-0.2, 0) is 4.74 Å². The van der Waals surface area contributed by atoms with Crippen LogP contribution in [0.15, 0.2) is 53.1 Å². The molecule has 0 unspecified atom stereocenters. The Kier molecular flexibility index (Phi) is 5.23. The first-order chi connectivity index (χ1) is 11.2. The zero-order valence-corrected chi connectivity index (χ0v) is 12.9. The van der Waals surface area contributed by atoms with Gasteiger partial charge in [-0.2, -0.15) is 0 Å². The van der Waals surface area contributed by atoms with Crippen molar-refractivity contribution >= 4 is 5.78 Å². The molecule has 3 rings (SSSR count). The second kappa shape index (κ2) is 7.55. The van der Waals surface area contributed by atoms with Crippen LogP contribution in [0.3, 0.4) is 0 Å². The largest absolute Gasteiger partial charge is 0.461 e. The van der Waals surface area contributed by atoms with E-state index < -0.39 is 6.10 Å². The van der Waals surface area contributed by atoms with Crippen LogP contribution < -0.4 is 0 Å². The van der Waals surface area contributed by atoms with Crippen LogP contribution in [-0.4, -0.2) is 48.1 Å². The highest BCUT2D eigenvalue weighted by Crippen LogP contribution is 2.20. The number of β-amino-alcohol motifs (C(OH)–C–C–N with tert-alkyl or cyclic N) is 1. The van der Waals surface area contributed by atoms with Crippen LogP contribution >= 0.6 is 0 Å². The standard InChI is InChI=1S/C18H21NO4/c20-16(18-7-4-9-23-18)11-15-13-22-10-8-19(15)12-17(21)14-5-2-1-3-6-14/h1-7,9,15,17,21H,8,10-13H2/t15-,17+/m0/s1. The smallest absolute Gasteiger partial charge is 0.199 e. The lowest BCUT2D eigenvalue weighted by atomic mass is 10.0. The molecule has 2 heterocycles. The second-order valence-corrected chi connectivity index (χ2v) is 5.75. The van der Waals surface area contributed by atoms with E-state index in [0.29, 0.717) is 38.5 Å². The van der Waals surface area contributed by atoms with Gasteiger partial charge in [-0.1, -0.05) is 30.3 Å². The molecule has 1 aliphatic rings. The lowest BCUT2D eigenvalue weighted by Crippen LogP contribution is -2.48. The maximum Gasteiger partial charge on any atom is 0.199 e. The molecule has 0 bridgehead atoms. The molecule has 122 valence electrons. The van der Waals surface area contributed by atoms with E-state index in [1.807, 2.05) is 30.3 Å². The Morgan fingerprint density at radius 3 is 2.83 bits per heavy atom. The summed E-state index contributed by atoms with van der Waals surface area (Å²) in [6, 6.07) is 12.9. The number of benzene rings is 1. The van der Waals surface area contributed by atoms with Gasteiger partial charge >= 0.3 is 0 Å². The van der Waals surface area contributed by atoms with E-state index in [1.165, 1.54) is 6.26 Å². The zero-order chi connectivity index (χ0) is 16.1. The highest BCUT2D eigenvalue weighted by Gasteiger charge is 2.28. The number of nitrogens with zero attached hydrogens (tertiary/aromatic N) is 1. The van der Waals surface area contributed by atoms with E-state index in [1.54, 1.807) is 12.1 Å². The van der Waals surface area contributed by atoms with Crippen molar-refractivity contribution in [1.29, 1.82) is 0 Å². The van der Waals surface area contributed by atoms with Gasteiger partial charge in [0.25, 0.3) is 0 Å². The average molecular weight is 315 g/mol. The Morgan fingerprint density at radius 2 is 2.09 bits per heavy atom. The van der Waals surface area contributed by atoms with Crippen molar-refractivity contribution in [3.8, 4) is 0 Å². The summed E-state index contributed by atoms with van der Waals surface area (Å²) in [4.78, 5) is 14.4. The summed E-state index contributed by atoms with van der Waals surface area (Å²) in [7, 11) is 0. The minimum absolute atomic E-state index is 0.0373. The minimum Gasteiger partial charge on any atom is -0.461 e. The molecule has 5 heteroatoms. The number of hydrogen-bond donors (Lipinski definition) is 1. The van der Waals surface area contributed by atoms with Gasteiger partial charge in [0.1, 0.15) is 0 Å². The molecule has 1 aromatic heterocycles. The molecular formula is C18H21NO4. The number of ketones is 1. The minimum atomic E-state index is -0.574. The van der Waals surface area contributed by atoms with E-state index in [2.05, 4.69) is 4.90 Å². The highest BCUT2D eigenvalue weighted by atomic mass is 16.5. The van der Waals surface area contributed by atoms with Gasteiger partial charge in [-0.05, 0) is 17.7 Å². The van der Waals surface area contributed by atoms with Crippen LogP contribution in [0.4, 0.5) is 0 Å². The molecule has 0 amide bonds. The monoisotopic (exact) mass is 315 g/mol. The molecule has 0 aliphatic carbocycles. The van der Waals surface area contributed by atoms with Gasteiger partial charge in [0, 0.05) is 25.6 Å². The van der Waals surface area contributed by atoms with Crippen molar-refractivity contribution < 1.29 is 19.1 Å². The van der Waals surface area contributed by atoms with E-state index in [9.17, 15) is 9.90 Å². The summed E-state index contributed by atoms with van der Waals surface area (Å²) in [5.41, 5.74) is 0.884. The van der Waals surface area contributed by atoms with E-state index >= 15 is 0 Å². The molecule has 1 aromatic carbocycles. The first-order valence-electron chi connectivity index (χ1n) is 7.85. The lowest BCUT2D eigenvalue weighted by molar-refractivity contribution is -0.0274. The quantitative estimate of drug-likeness (QED) is 0.829. The predicted molar refractivity (Wildman–Crippen MR) is 85.2 cm³/mol. The molecule has 1 saturated heterocycles.